The zero-order valence-electron chi connectivity index (χ0n) is 12.4. The highest BCUT2D eigenvalue weighted by Crippen LogP contribution is 2.34. The molecule has 0 radical (unpaired) electrons. The second kappa shape index (κ2) is 9.21. The van der Waals surface area contributed by atoms with Crippen molar-refractivity contribution in [3.63, 3.8) is 0 Å². The lowest BCUT2D eigenvalue weighted by Gasteiger charge is -2.16. The number of unbranched alkanes of at least 4 members (excludes halogenated alkanes) is 1. The molecule has 0 bridgehead atoms. The minimum atomic E-state index is 0.109. The molecule has 0 aliphatic rings. The molecule has 114 valence electrons. The number of halogens is 1. The number of rotatable bonds is 9. The van der Waals surface area contributed by atoms with Gasteiger partial charge < -0.3 is 19.9 Å². The third-order valence-corrected chi connectivity index (χ3v) is 3.51. The van der Waals surface area contributed by atoms with Gasteiger partial charge in [0.25, 0.3) is 0 Å². The number of methoxy groups -OCH3 is 1. The van der Waals surface area contributed by atoms with Gasteiger partial charge in [0, 0.05) is 17.6 Å². The topological polar surface area (TPSA) is 50.7 Å². The zero-order chi connectivity index (χ0) is 15.0. The van der Waals surface area contributed by atoms with Crippen LogP contribution in [0.25, 0.3) is 0 Å². The summed E-state index contributed by atoms with van der Waals surface area (Å²) in [6.07, 6.45) is 1.91. The monoisotopic (exact) mass is 345 g/mol. The van der Waals surface area contributed by atoms with Crippen LogP contribution in [0.2, 0.25) is 0 Å². The first kappa shape index (κ1) is 17.3. The van der Waals surface area contributed by atoms with Gasteiger partial charge in [-0.3, -0.25) is 0 Å². The Bertz CT molecular complexity index is 410. The average Bonchev–Trinajstić information content (AvgIpc) is 2.40. The Kier molecular flexibility index (Phi) is 7.95. The van der Waals surface area contributed by atoms with E-state index in [4.69, 9.17) is 14.6 Å². The predicted molar refractivity (Wildman–Crippen MR) is 84.5 cm³/mol. The van der Waals surface area contributed by atoms with Crippen molar-refractivity contribution in [2.45, 2.75) is 39.3 Å². The Morgan fingerprint density at radius 1 is 1.25 bits per heavy atom. The molecule has 4 nitrogen and oxygen atoms in total. The minimum Gasteiger partial charge on any atom is -0.493 e. The van der Waals surface area contributed by atoms with Crippen LogP contribution in [0.3, 0.4) is 0 Å². The highest BCUT2D eigenvalue weighted by Gasteiger charge is 2.11. The summed E-state index contributed by atoms with van der Waals surface area (Å²) in [5.74, 6) is 1.49. The third kappa shape index (κ3) is 5.69. The summed E-state index contributed by atoms with van der Waals surface area (Å²) in [7, 11) is 1.65. The molecule has 2 N–H and O–H groups in total. The number of aliphatic hydroxyl groups excluding tert-OH is 1. The highest BCUT2D eigenvalue weighted by atomic mass is 79.9. The van der Waals surface area contributed by atoms with Gasteiger partial charge in [0.15, 0.2) is 11.5 Å². The molecular formula is C15H24BrNO3. The van der Waals surface area contributed by atoms with Gasteiger partial charge in [-0.25, -0.2) is 0 Å². The standard InChI is InChI=1S/C15H24BrNO3/c1-11(2)20-15-9-13(16)12(8-14(15)19-3)10-17-6-4-5-7-18/h8-9,11,17-18H,4-7,10H2,1-3H3. The summed E-state index contributed by atoms with van der Waals surface area (Å²) in [6.45, 7) is 5.87. The van der Waals surface area contributed by atoms with Crippen LogP contribution in [0.1, 0.15) is 32.3 Å². The Morgan fingerprint density at radius 3 is 2.60 bits per heavy atom. The molecule has 0 spiro atoms. The fourth-order valence-electron chi connectivity index (χ4n) is 1.80. The molecular weight excluding hydrogens is 322 g/mol. The van der Waals surface area contributed by atoms with Gasteiger partial charge >= 0.3 is 0 Å². The van der Waals surface area contributed by atoms with Crippen molar-refractivity contribution in [2.24, 2.45) is 0 Å². The Hall–Kier alpha value is -0.780. The minimum absolute atomic E-state index is 0.109. The van der Waals surface area contributed by atoms with Crippen LogP contribution in [-0.2, 0) is 6.54 Å². The normalized spacial score (nSPS) is 10.9. The molecule has 0 unspecified atom stereocenters. The fraction of sp³-hybridized carbons (Fsp3) is 0.600. The lowest BCUT2D eigenvalue weighted by molar-refractivity contribution is 0.230. The molecule has 0 heterocycles. The van der Waals surface area contributed by atoms with Crippen LogP contribution in [-0.4, -0.2) is 31.5 Å². The second-order valence-corrected chi connectivity index (χ2v) is 5.72. The van der Waals surface area contributed by atoms with Crippen molar-refractivity contribution in [3.05, 3.63) is 22.2 Å². The molecule has 0 aromatic heterocycles. The number of ether oxygens (including phenoxy) is 2. The maximum absolute atomic E-state index is 8.73. The van der Waals surface area contributed by atoms with E-state index in [0.717, 1.165) is 47.5 Å². The van der Waals surface area contributed by atoms with E-state index in [0.29, 0.717) is 0 Å². The second-order valence-electron chi connectivity index (χ2n) is 4.87. The van der Waals surface area contributed by atoms with E-state index in [2.05, 4.69) is 21.2 Å². The van der Waals surface area contributed by atoms with Gasteiger partial charge in [-0.15, -0.1) is 0 Å². The molecule has 0 amide bonds. The molecule has 0 saturated carbocycles. The number of benzene rings is 1. The molecule has 0 aliphatic carbocycles. The van der Waals surface area contributed by atoms with Gasteiger partial charge in [0.1, 0.15) is 0 Å². The molecule has 1 aromatic carbocycles. The van der Waals surface area contributed by atoms with Gasteiger partial charge in [-0.2, -0.15) is 0 Å². The Balaban J connectivity index is 2.67. The van der Waals surface area contributed by atoms with Crippen LogP contribution in [0, 0.1) is 0 Å². The van der Waals surface area contributed by atoms with Crippen LogP contribution in [0.15, 0.2) is 16.6 Å². The average molecular weight is 346 g/mol. The third-order valence-electron chi connectivity index (χ3n) is 2.77. The van der Waals surface area contributed by atoms with Crippen molar-refractivity contribution in [2.75, 3.05) is 20.3 Å². The van der Waals surface area contributed by atoms with Crippen molar-refractivity contribution in [1.82, 2.24) is 5.32 Å². The van der Waals surface area contributed by atoms with E-state index in [9.17, 15) is 0 Å². The number of hydrogen-bond donors (Lipinski definition) is 2. The fourth-order valence-corrected chi connectivity index (χ4v) is 2.27. The zero-order valence-corrected chi connectivity index (χ0v) is 14.0. The lowest BCUT2D eigenvalue weighted by atomic mass is 10.2. The molecule has 20 heavy (non-hydrogen) atoms. The van der Waals surface area contributed by atoms with Crippen LogP contribution in [0.4, 0.5) is 0 Å². The highest BCUT2D eigenvalue weighted by molar-refractivity contribution is 9.10. The first-order valence-electron chi connectivity index (χ1n) is 6.93. The van der Waals surface area contributed by atoms with E-state index in [1.807, 2.05) is 26.0 Å². The molecule has 0 aliphatic heterocycles. The smallest absolute Gasteiger partial charge is 0.162 e. The quantitative estimate of drug-likeness (QED) is 0.675. The van der Waals surface area contributed by atoms with E-state index in [1.54, 1.807) is 7.11 Å². The summed E-state index contributed by atoms with van der Waals surface area (Å²) < 4.78 is 12.1. The first-order valence-corrected chi connectivity index (χ1v) is 7.72. The van der Waals surface area contributed by atoms with E-state index in [1.165, 1.54) is 0 Å². The molecule has 5 heteroatoms. The van der Waals surface area contributed by atoms with Crippen LogP contribution in [0.5, 0.6) is 11.5 Å². The van der Waals surface area contributed by atoms with E-state index >= 15 is 0 Å². The molecule has 0 fully saturated rings. The van der Waals surface area contributed by atoms with E-state index in [-0.39, 0.29) is 12.7 Å². The van der Waals surface area contributed by atoms with Crippen molar-refractivity contribution in [3.8, 4) is 11.5 Å². The Labute approximate surface area is 129 Å². The SMILES string of the molecule is COc1cc(CNCCCCO)c(Br)cc1OC(C)C. The maximum atomic E-state index is 8.73. The van der Waals surface area contributed by atoms with Gasteiger partial charge in [0.05, 0.1) is 13.2 Å². The molecule has 0 atom stereocenters. The largest absolute Gasteiger partial charge is 0.493 e. The van der Waals surface area contributed by atoms with Crippen LogP contribution >= 0.6 is 15.9 Å². The maximum Gasteiger partial charge on any atom is 0.162 e. The summed E-state index contributed by atoms with van der Waals surface area (Å²) in [4.78, 5) is 0. The molecule has 0 saturated heterocycles. The summed E-state index contributed by atoms with van der Waals surface area (Å²) in [6, 6.07) is 3.93. The summed E-state index contributed by atoms with van der Waals surface area (Å²) in [5.41, 5.74) is 1.13. The summed E-state index contributed by atoms with van der Waals surface area (Å²) in [5, 5.41) is 12.1. The van der Waals surface area contributed by atoms with Crippen molar-refractivity contribution < 1.29 is 14.6 Å². The number of hydrogen-bond acceptors (Lipinski definition) is 4. The lowest BCUT2D eigenvalue weighted by Crippen LogP contribution is -2.15. The summed E-state index contributed by atoms with van der Waals surface area (Å²) >= 11 is 3.57. The predicted octanol–water partition coefficient (Wildman–Crippen LogP) is 3.11. The molecule has 1 aromatic rings. The van der Waals surface area contributed by atoms with Gasteiger partial charge in [0.2, 0.25) is 0 Å². The van der Waals surface area contributed by atoms with Gasteiger partial charge in [-0.05, 0) is 50.9 Å². The first-order chi connectivity index (χ1) is 9.58. The van der Waals surface area contributed by atoms with Crippen LogP contribution < -0.4 is 14.8 Å². The van der Waals surface area contributed by atoms with Crippen molar-refractivity contribution >= 4 is 15.9 Å². The molecule has 1 rings (SSSR count). The Morgan fingerprint density at radius 2 is 2.00 bits per heavy atom. The van der Waals surface area contributed by atoms with E-state index < -0.39 is 0 Å². The van der Waals surface area contributed by atoms with Crippen molar-refractivity contribution in [1.29, 1.82) is 0 Å². The number of nitrogens with one attached hydrogen (secondary N) is 1. The number of aliphatic hydroxyl groups is 1. The van der Waals surface area contributed by atoms with Gasteiger partial charge in [-0.1, -0.05) is 15.9 Å².